The summed E-state index contributed by atoms with van der Waals surface area (Å²) in [4.78, 5) is 19.1. The molecule has 0 bridgehead atoms. The van der Waals surface area contributed by atoms with Gasteiger partial charge in [0.2, 0.25) is 0 Å². The Kier molecular flexibility index (Phi) is 6.32. The molecule has 0 aliphatic rings. The molecule has 100 valence electrons. The van der Waals surface area contributed by atoms with Crippen molar-refractivity contribution < 1.29 is 9.90 Å². The van der Waals surface area contributed by atoms with E-state index in [2.05, 4.69) is 14.8 Å². The standard InChI is InChI=1S/C13H21N3O2/c1-15(2)9-10-16(8-6-13(17)18)11-12-5-3-4-7-14-12/h3-5,7H,6,8-11H2,1-2H3,(H,17,18). The number of nitrogens with zero attached hydrogens (tertiary/aromatic N) is 3. The van der Waals surface area contributed by atoms with Crippen molar-refractivity contribution in [2.24, 2.45) is 0 Å². The second-order valence-corrected chi connectivity index (χ2v) is 4.54. The highest BCUT2D eigenvalue weighted by Crippen LogP contribution is 2.02. The van der Waals surface area contributed by atoms with Crippen LogP contribution in [0.4, 0.5) is 0 Å². The minimum atomic E-state index is -0.758. The van der Waals surface area contributed by atoms with Gasteiger partial charge < -0.3 is 10.0 Å². The molecule has 1 aromatic heterocycles. The normalized spacial score (nSPS) is 11.1. The minimum Gasteiger partial charge on any atom is -0.481 e. The first-order valence-corrected chi connectivity index (χ1v) is 6.06. The van der Waals surface area contributed by atoms with Crippen LogP contribution in [-0.4, -0.2) is 59.6 Å². The lowest BCUT2D eigenvalue weighted by molar-refractivity contribution is -0.137. The van der Waals surface area contributed by atoms with Gasteiger partial charge in [-0.15, -0.1) is 0 Å². The highest BCUT2D eigenvalue weighted by molar-refractivity contribution is 5.66. The molecule has 1 heterocycles. The van der Waals surface area contributed by atoms with Crippen molar-refractivity contribution in [1.82, 2.24) is 14.8 Å². The lowest BCUT2D eigenvalue weighted by Crippen LogP contribution is -2.33. The van der Waals surface area contributed by atoms with E-state index in [9.17, 15) is 4.79 Å². The minimum absolute atomic E-state index is 0.167. The Morgan fingerprint density at radius 2 is 2.06 bits per heavy atom. The lowest BCUT2D eigenvalue weighted by atomic mass is 10.3. The van der Waals surface area contributed by atoms with Crippen LogP contribution in [-0.2, 0) is 11.3 Å². The second-order valence-electron chi connectivity index (χ2n) is 4.54. The Morgan fingerprint density at radius 3 is 2.61 bits per heavy atom. The Bertz CT molecular complexity index is 355. The second kappa shape index (κ2) is 7.79. The number of carboxylic acids is 1. The summed E-state index contributed by atoms with van der Waals surface area (Å²) >= 11 is 0. The maximum Gasteiger partial charge on any atom is 0.304 e. The monoisotopic (exact) mass is 251 g/mol. The molecule has 0 aliphatic heterocycles. The van der Waals surface area contributed by atoms with E-state index in [-0.39, 0.29) is 6.42 Å². The Balaban J connectivity index is 2.50. The van der Waals surface area contributed by atoms with Crippen LogP contribution in [0.3, 0.4) is 0 Å². The lowest BCUT2D eigenvalue weighted by Gasteiger charge is -2.23. The van der Waals surface area contributed by atoms with Crippen LogP contribution in [0.2, 0.25) is 0 Å². The third-order valence-corrected chi connectivity index (χ3v) is 2.62. The summed E-state index contributed by atoms with van der Waals surface area (Å²) in [6, 6.07) is 5.79. The van der Waals surface area contributed by atoms with Gasteiger partial charge in [-0.05, 0) is 26.2 Å². The summed E-state index contributed by atoms with van der Waals surface area (Å²) in [5.74, 6) is -0.758. The number of carbonyl (C=O) groups is 1. The van der Waals surface area contributed by atoms with E-state index >= 15 is 0 Å². The van der Waals surface area contributed by atoms with Crippen LogP contribution in [0.15, 0.2) is 24.4 Å². The molecule has 0 fully saturated rings. The molecule has 0 radical (unpaired) electrons. The predicted octanol–water partition coefficient (Wildman–Crippen LogP) is 0.920. The number of pyridine rings is 1. The van der Waals surface area contributed by atoms with E-state index in [1.54, 1.807) is 6.20 Å². The highest BCUT2D eigenvalue weighted by Gasteiger charge is 2.09. The molecule has 1 N–H and O–H groups in total. The number of hydrogen-bond acceptors (Lipinski definition) is 4. The summed E-state index contributed by atoms with van der Waals surface area (Å²) in [6.45, 7) is 3.00. The van der Waals surface area contributed by atoms with Crippen molar-refractivity contribution in [3.05, 3.63) is 30.1 Å². The third-order valence-electron chi connectivity index (χ3n) is 2.62. The van der Waals surface area contributed by atoms with E-state index in [4.69, 9.17) is 5.11 Å². The van der Waals surface area contributed by atoms with Gasteiger partial charge in [-0.25, -0.2) is 0 Å². The summed E-state index contributed by atoms with van der Waals surface area (Å²) in [5.41, 5.74) is 0.974. The molecule has 1 rings (SSSR count). The van der Waals surface area contributed by atoms with Gasteiger partial charge in [0.1, 0.15) is 0 Å². The Hall–Kier alpha value is -1.46. The fourth-order valence-electron chi connectivity index (χ4n) is 1.59. The highest BCUT2D eigenvalue weighted by atomic mass is 16.4. The third kappa shape index (κ3) is 6.32. The first kappa shape index (κ1) is 14.6. The van der Waals surface area contributed by atoms with Gasteiger partial charge in [0, 0.05) is 32.4 Å². The van der Waals surface area contributed by atoms with Crippen molar-refractivity contribution in [2.45, 2.75) is 13.0 Å². The molecule has 5 heteroatoms. The summed E-state index contributed by atoms with van der Waals surface area (Å²) in [7, 11) is 4.02. The Labute approximate surface area is 108 Å². The summed E-state index contributed by atoms with van der Waals surface area (Å²) in [5, 5.41) is 8.75. The Morgan fingerprint density at radius 1 is 1.28 bits per heavy atom. The molecule has 0 saturated heterocycles. The van der Waals surface area contributed by atoms with Gasteiger partial charge in [0.05, 0.1) is 12.1 Å². The van der Waals surface area contributed by atoms with E-state index < -0.39 is 5.97 Å². The topological polar surface area (TPSA) is 56.7 Å². The zero-order chi connectivity index (χ0) is 13.4. The SMILES string of the molecule is CN(C)CCN(CCC(=O)O)Cc1ccccn1. The average Bonchev–Trinajstić information content (AvgIpc) is 2.33. The summed E-state index contributed by atoms with van der Waals surface area (Å²) < 4.78 is 0. The molecule has 0 saturated carbocycles. The van der Waals surface area contributed by atoms with Crippen LogP contribution in [0.5, 0.6) is 0 Å². The van der Waals surface area contributed by atoms with E-state index in [0.29, 0.717) is 13.1 Å². The quantitative estimate of drug-likeness (QED) is 0.744. The average molecular weight is 251 g/mol. The van der Waals surface area contributed by atoms with Crippen LogP contribution >= 0.6 is 0 Å². The molecule has 0 amide bonds. The van der Waals surface area contributed by atoms with Gasteiger partial charge in [0.15, 0.2) is 0 Å². The maximum atomic E-state index is 10.6. The van der Waals surface area contributed by atoms with E-state index in [1.165, 1.54) is 0 Å². The van der Waals surface area contributed by atoms with Gasteiger partial charge in [0.25, 0.3) is 0 Å². The van der Waals surface area contributed by atoms with Gasteiger partial charge in [-0.2, -0.15) is 0 Å². The fraction of sp³-hybridized carbons (Fsp3) is 0.538. The van der Waals surface area contributed by atoms with Crippen LogP contribution in [0, 0.1) is 0 Å². The smallest absolute Gasteiger partial charge is 0.304 e. The van der Waals surface area contributed by atoms with Crippen molar-refractivity contribution >= 4 is 5.97 Å². The molecule has 5 nitrogen and oxygen atoms in total. The molecular formula is C13H21N3O2. The van der Waals surface area contributed by atoms with Crippen molar-refractivity contribution in [3.63, 3.8) is 0 Å². The molecule has 18 heavy (non-hydrogen) atoms. The fourth-order valence-corrected chi connectivity index (χ4v) is 1.59. The van der Waals surface area contributed by atoms with Crippen molar-refractivity contribution in [2.75, 3.05) is 33.7 Å². The zero-order valence-corrected chi connectivity index (χ0v) is 11.0. The predicted molar refractivity (Wildman–Crippen MR) is 70.3 cm³/mol. The molecular weight excluding hydrogens is 230 g/mol. The number of rotatable bonds is 8. The van der Waals surface area contributed by atoms with Crippen molar-refractivity contribution in [3.8, 4) is 0 Å². The van der Waals surface area contributed by atoms with Crippen LogP contribution < -0.4 is 0 Å². The molecule has 0 aromatic carbocycles. The van der Waals surface area contributed by atoms with Gasteiger partial charge >= 0.3 is 5.97 Å². The molecule has 0 atom stereocenters. The number of aliphatic carboxylic acids is 1. The van der Waals surface area contributed by atoms with Gasteiger partial charge in [-0.1, -0.05) is 6.07 Å². The van der Waals surface area contributed by atoms with E-state index in [0.717, 1.165) is 18.8 Å². The molecule has 1 aromatic rings. The number of aromatic nitrogens is 1. The molecule has 0 spiro atoms. The number of likely N-dealkylation sites (N-methyl/N-ethyl adjacent to an activating group) is 1. The number of carboxylic acid groups (broad SMARTS) is 1. The largest absolute Gasteiger partial charge is 0.481 e. The summed E-state index contributed by atoms with van der Waals surface area (Å²) in [6.07, 6.45) is 1.93. The molecule has 0 aliphatic carbocycles. The molecule has 0 unspecified atom stereocenters. The first-order chi connectivity index (χ1) is 8.58. The van der Waals surface area contributed by atoms with Crippen molar-refractivity contribution in [1.29, 1.82) is 0 Å². The zero-order valence-electron chi connectivity index (χ0n) is 11.0. The number of hydrogen-bond donors (Lipinski definition) is 1. The van der Waals surface area contributed by atoms with E-state index in [1.807, 2.05) is 32.3 Å². The first-order valence-electron chi connectivity index (χ1n) is 6.06. The van der Waals surface area contributed by atoms with Crippen LogP contribution in [0.1, 0.15) is 12.1 Å². The maximum absolute atomic E-state index is 10.6. The van der Waals surface area contributed by atoms with Gasteiger partial charge in [-0.3, -0.25) is 14.7 Å². The van der Waals surface area contributed by atoms with Crippen LogP contribution in [0.25, 0.3) is 0 Å².